The van der Waals surface area contributed by atoms with Gasteiger partial charge in [-0.1, -0.05) is 37.6 Å². The van der Waals surface area contributed by atoms with Crippen LogP contribution < -0.4 is 0 Å². The Morgan fingerprint density at radius 3 is 1.92 bits per heavy atom. The van der Waals surface area contributed by atoms with Crippen LogP contribution in [0.2, 0.25) is 0 Å². The number of epoxide rings is 1. The van der Waals surface area contributed by atoms with Crippen LogP contribution in [0.5, 0.6) is 0 Å². The van der Waals surface area contributed by atoms with Gasteiger partial charge in [-0.15, -0.1) is 0 Å². The number of benzene rings is 1. The van der Waals surface area contributed by atoms with Crippen molar-refractivity contribution >= 4 is 0 Å². The summed E-state index contributed by atoms with van der Waals surface area (Å²) in [5.74, 6) is 2.60. The molecule has 0 spiro atoms. The molecule has 3 atom stereocenters. The molecule has 3 fully saturated rings. The second-order valence-corrected chi connectivity index (χ2v) is 8.94. The summed E-state index contributed by atoms with van der Waals surface area (Å²) in [4.78, 5) is 0. The minimum atomic E-state index is 0.484. The van der Waals surface area contributed by atoms with E-state index in [0.717, 1.165) is 37.4 Å². The highest BCUT2D eigenvalue weighted by Gasteiger charge is 2.37. The maximum atomic E-state index is 6.29. The molecule has 0 radical (unpaired) electrons. The second-order valence-electron chi connectivity index (χ2n) is 8.94. The first-order valence-electron chi connectivity index (χ1n) is 11.1. The minimum Gasteiger partial charge on any atom is -0.378 e. The molecular weight excluding hydrogens is 320 g/mol. The lowest BCUT2D eigenvalue weighted by Gasteiger charge is -2.37. The molecule has 1 aromatic rings. The number of hydrogen-bond acceptors (Lipinski definition) is 2. The van der Waals surface area contributed by atoms with Gasteiger partial charge in [0.25, 0.3) is 0 Å². The SMILES string of the molecule is CCCc1ccc(CCC2CCC(C3CCC(C4CO4)CC3)CO2)cc1. The van der Waals surface area contributed by atoms with Gasteiger partial charge in [0, 0.05) is 0 Å². The molecular formula is C24H36O2. The van der Waals surface area contributed by atoms with E-state index in [0.29, 0.717) is 12.2 Å². The Morgan fingerprint density at radius 2 is 1.35 bits per heavy atom. The second kappa shape index (κ2) is 8.89. The quantitative estimate of drug-likeness (QED) is 0.596. The average Bonchev–Trinajstić information content (AvgIpc) is 3.54. The number of hydrogen-bond donors (Lipinski definition) is 0. The summed E-state index contributed by atoms with van der Waals surface area (Å²) in [6.45, 7) is 4.29. The Morgan fingerprint density at radius 1 is 0.731 bits per heavy atom. The molecule has 0 N–H and O–H groups in total. The van der Waals surface area contributed by atoms with Crippen molar-refractivity contribution in [3.05, 3.63) is 35.4 Å². The van der Waals surface area contributed by atoms with Crippen molar-refractivity contribution in [1.82, 2.24) is 0 Å². The van der Waals surface area contributed by atoms with Crippen LogP contribution in [-0.4, -0.2) is 25.4 Å². The average molecular weight is 357 g/mol. The smallest absolute Gasteiger partial charge is 0.0838 e. The number of aryl methyl sites for hydroxylation is 2. The Balaban J connectivity index is 1.15. The third-order valence-electron chi connectivity index (χ3n) is 7.09. The summed E-state index contributed by atoms with van der Waals surface area (Å²) in [6, 6.07) is 9.25. The summed E-state index contributed by atoms with van der Waals surface area (Å²) in [6.07, 6.45) is 14.1. The summed E-state index contributed by atoms with van der Waals surface area (Å²) >= 11 is 0. The highest BCUT2D eigenvalue weighted by molar-refractivity contribution is 5.22. The van der Waals surface area contributed by atoms with Gasteiger partial charge >= 0.3 is 0 Å². The Labute approximate surface area is 159 Å². The first kappa shape index (κ1) is 18.5. The topological polar surface area (TPSA) is 21.8 Å². The third-order valence-corrected chi connectivity index (χ3v) is 7.09. The van der Waals surface area contributed by atoms with E-state index >= 15 is 0 Å². The first-order valence-corrected chi connectivity index (χ1v) is 11.1. The molecule has 26 heavy (non-hydrogen) atoms. The molecule has 0 amide bonds. The van der Waals surface area contributed by atoms with Crippen LogP contribution in [0, 0.1) is 17.8 Å². The van der Waals surface area contributed by atoms with Crippen LogP contribution in [-0.2, 0) is 22.3 Å². The summed E-state index contributed by atoms with van der Waals surface area (Å²) in [7, 11) is 0. The summed E-state index contributed by atoms with van der Waals surface area (Å²) in [5, 5.41) is 0. The van der Waals surface area contributed by atoms with Crippen molar-refractivity contribution in [2.75, 3.05) is 13.2 Å². The van der Waals surface area contributed by atoms with E-state index in [2.05, 4.69) is 31.2 Å². The van der Waals surface area contributed by atoms with Crippen LogP contribution in [0.1, 0.15) is 69.4 Å². The van der Waals surface area contributed by atoms with Crippen LogP contribution in [0.3, 0.4) is 0 Å². The van der Waals surface area contributed by atoms with Crippen LogP contribution >= 0.6 is 0 Å². The largest absolute Gasteiger partial charge is 0.378 e. The van der Waals surface area contributed by atoms with Crippen molar-refractivity contribution in [3.63, 3.8) is 0 Å². The summed E-state index contributed by atoms with van der Waals surface area (Å²) in [5.41, 5.74) is 2.94. The summed E-state index contributed by atoms with van der Waals surface area (Å²) < 4.78 is 11.8. The van der Waals surface area contributed by atoms with Gasteiger partial charge in [0.05, 0.1) is 25.4 Å². The zero-order valence-electron chi connectivity index (χ0n) is 16.5. The highest BCUT2D eigenvalue weighted by atomic mass is 16.6. The molecule has 144 valence electrons. The Hall–Kier alpha value is -0.860. The van der Waals surface area contributed by atoms with Gasteiger partial charge in [-0.2, -0.15) is 0 Å². The van der Waals surface area contributed by atoms with Gasteiger partial charge in [-0.05, 0) is 86.7 Å². The lowest BCUT2D eigenvalue weighted by Crippen LogP contribution is -2.33. The van der Waals surface area contributed by atoms with E-state index in [1.165, 1.54) is 68.9 Å². The van der Waals surface area contributed by atoms with Crippen molar-refractivity contribution in [3.8, 4) is 0 Å². The van der Waals surface area contributed by atoms with Gasteiger partial charge in [0.1, 0.15) is 0 Å². The van der Waals surface area contributed by atoms with Crippen LogP contribution in [0.4, 0.5) is 0 Å². The normalized spacial score (nSPS) is 34.6. The van der Waals surface area contributed by atoms with Gasteiger partial charge in [0.15, 0.2) is 0 Å². The molecule has 4 rings (SSSR count). The predicted octanol–water partition coefficient (Wildman–Crippen LogP) is 5.57. The third kappa shape index (κ3) is 4.89. The molecule has 3 unspecified atom stereocenters. The maximum absolute atomic E-state index is 6.29. The van der Waals surface area contributed by atoms with Gasteiger partial charge < -0.3 is 9.47 Å². The molecule has 1 saturated carbocycles. The van der Waals surface area contributed by atoms with E-state index in [4.69, 9.17) is 9.47 Å². The fraction of sp³-hybridized carbons (Fsp3) is 0.750. The molecule has 2 saturated heterocycles. The number of rotatable bonds is 7. The molecule has 2 heteroatoms. The van der Waals surface area contributed by atoms with Gasteiger partial charge in [0.2, 0.25) is 0 Å². The first-order chi connectivity index (χ1) is 12.8. The van der Waals surface area contributed by atoms with Crippen molar-refractivity contribution in [2.45, 2.75) is 83.3 Å². The molecule has 2 aliphatic heterocycles. The molecule has 0 aromatic heterocycles. The molecule has 2 heterocycles. The molecule has 1 aromatic carbocycles. The molecule has 1 aliphatic carbocycles. The zero-order chi connectivity index (χ0) is 17.8. The Kier molecular flexibility index (Phi) is 6.32. The standard InChI is InChI=1S/C24H36O2/c1-2-3-18-4-6-19(7-5-18)8-14-23-15-13-22(16-25-23)20-9-11-21(12-10-20)24-17-26-24/h4-7,20-24H,2-3,8-17H2,1H3. The zero-order valence-corrected chi connectivity index (χ0v) is 16.5. The number of ether oxygens (including phenoxy) is 2. The Bertz CT molecular complexity index is 532. The van der Waals surface area contributed by atoms with E-state index < -0.39 is 0 Å². The van der Waals surface area contributed by atoms with E-state index in [1.807, 2.05) is 0 Å². The van der Waals surface area contributed by atoms with E-state index in [1.54, 1.807) is 0 Å². The highest BCUT2D eigenvalue weighted by Crippen LogP contribution is 2.41. The van der Waals surface area contributed by atoms with Crippen molar-refractivity contribution in [2.24, 2.45) is 17.8 Å². The lowest BCUT2D eigenvalue weighted by molar-refractivity contribution is -0.0421. The fourth-order valence-electron chi connectivity index (χ4n) is 5.23. The monoisotopic (exact) mass is 356 g/mol. The molecule has 2 nitrogen and oxygen atoms in total. The molecule has 3 aliphatic rings. The van der Waals surface area contributed by atoms with Gasteiger partial charge in [-0.3, -0.25) is 0 Å². The van der Waals surface area contributed by atoms with Crippen molar-refractivity contribution < 1.29 is 9.47 Å². The molecule has 0 bridgehead atoms. The van der Waals surface area contributed by atoms with E-state index in [-0.39, 0.29) is 0 Å². The maximum Gasteiger partial charge on any atom is 0.0838 e. The van der Waals surface area contributed by atoms with Crippen molar-refractivity contribution in [1.29, 1.82) is 0 Å². The fourth-order valence-corrected chi connectivity index (χ4v) is 5.23. The predicted molar refractivity (Wildman–Crippen MR) is 106 cm³/mol. The van der Waals surface area contributed by atoms with Crippen LogP contribution in [0.15, 0.2) is 24.3 Å². The lowest BCUT2D eigenvalue weighted by atomic mass is 9.73. The van der Waals surface area contributed by atoms with Crippen LogP contribution in [0.25, 0.3) is 0 Å². The minimum absolute atomic E-state index is 0.484. The van der Waals surface area contributed by atoms with Gasteiger partial charge in [-0.25, -0.2) is 0 Å². The van der Waals surface area contributed by atoms with E-state index in [9.17, 15) is 0 Å².